The molecule has 2 amide bonds. The van der Waals surface area contributed by atoms with E-state index in [9.17, 15) is 19.5 Å². The second-order valence-electron chi connectivity index (χ2n) is 6.19. The van der Waals surface area contributed by atoms with Crippen LogP contribution in [0.15, 0.2) is 80.1 Å². The van der Waals surface area contributed by atoms with Crippen LogP contribution in [0.25, 0.3) is 6.08 Å². The van der Waals surface area contributed by atoms with Gasteiger partial charge in [-0.15, -0.1) is 0 Å². The number of rotatable bonds is 8. The Hall–Kier alpha value is -3.59. The van der Waals surface area contributed by atoms with Gasteiger partial charge in [-0.3, -0.25) is 9.59 Å². The fourth-order valence-corrected chi connectivity index (χ4v) is 2.89. The Morgan fingerprint density at radius 1 is 1.07 bits per heavy atom. The zero-order chi connectivity index (χ0) is 21.5. The molecule has 3 N–H and O–H groups in total. The van der Waals surface area contributed by atoms with E-state index in [4.69, 9.17) is 8.83 Å². The Bertz CT molecular complexity index is 1060. The third-order valence-electron chi connectivity index (χ3n) is 4.01. The second kappa shape index (κ2) is 9.75. The van der Waals surface area contributed by atoms with Crippen LogP contribution in [0, 0.1) is 0 Å². The van der Waals surface area contributed by atoms with E-state index in [-0.39, 0.29) is 17.9 Å². The van der Waals surface area contributed by atoms with Gasteiger partial charge in [0.1, 0.15) is 17.5 Å². The first-order chi connectivity index (χ1) is 14.4. The Balaban J connectivity index is 1.80. The molecular formula is C21H17BrN2O6. The van der Waals surface area contributed by atoms with Crippen molar-refractivity contribution >= 4 is 39.8 Å². The first-order valence-electron chi connectivity index (χ1n) is 8.82. The lowest BCUT2D eigenvalue weighted by Crippen LogP contribution is -2.45. The molecule has 2 aromatic heterocycles. The summed E-state index contributed by atoms with van der Waals surface area (Å²) in [5.74, 6) is -2.39. The Morgan fingerprint density at radius 3 is 2.43 bits per heavy atom. The Kier molecular flexibility index (Phi) is 6.87. The predicted molar refractivity (Wildman–Crippen MR) is 110 cm³/mol. The minimum atomic E-state index is -1.20. The van der Waals surface area contributed by atoms with Gasteiger partial charge in [0.25, 0.3) is 11.8 Å². The molecule has 0 aliphatic heterocycles. The summed E-state index contributed by atoms with van der Waals surface area (Å²) < 4.78 is 10.7. The van der Waals surface area contributed by atoms with Crippen molar-refractivity contribution in [3.05, 3.63) is 88.3 Å². The highest BCUT2D eigenvalue weighted by Gasteiger charge is 2.24. The molecule has 1 aromatic carbocycles. The molecular weight excluding hydrogens is 456 g/mol. The van der Waals surface area contributed by atoms with E-state index < -0.39 is 23.8 Å². The highest BCUT2D eigenvalue weighted by molar-refractivity contribution is 9.10. The van der Waals surface area contributed by atoms with E-state index in [0.717, 1.165) is 5.56 Å². The number of aliphatic carboxylic acids is 1. The molecule has 3 aromatic rings. The number of amides is 2. The Labute approximate surface area is 179 Å². The van der Waals surface area contributed by atoms with Gasteiger partial charge in [-0.2, -0.15) is 0 Å². The molecule has 0 saturated heterocycles. The largest absolute Gasteiger partial charge is 0.480 e. The third-order valence-corrected chi connectivity index (χ3v) is 4.43. The van der Waals surface area contributed by atoms with Gasteiger partial charge in [-0.05, 0) is 45.8 Å². The molecule has 9 heteroatoms. The summed E-state index contributed by atoms with van der Waals surface area (Å²) in [5.41, 5.74) is 0.549. The number of carboxylic acid groups (broad SMARTS) is 1. The lowest BCUT2D eigenvalue weighted by Gasteiger charge is -2.16. The van der Waals surface area contributed by atoms with Crippen LogP contribution in [0.4, 0.5) is 0 Å². The zero-order valence-corrected chi connectivity index (χ0v) is 17.1. The summed E-state index contributed by atoms with van der Waals surface area (Å²) in [6.45, 7) is 0. The molecule has 2 heterocycles. The van der Waals surface area contributed by atoms with Gasteiger partial charge in [0.05, 0.1) is 6.26 Å². The van der Waals surface area contributed by atoms with E-state index >= 15 is 0 Å². The molecule has 0 unspecified atom stereocenters. The fourth-order valence-electron chi connectivity index (χ4n) is 2.58. The van der Waals surface area contributed by atoms with E-state index in [2.05, 4.69) is 26.6 Å². The van der Waals surface area contributed by atoms with Crippen molar-refractivity contribution in [3.63, 3.8) is 0 Å². The van der Waals surface area contributed by atoms with E-state index in [1.54, 1.807) is 36.4 Å². The average Bonchev–Trinajstić information content (AvgIpc) is 3.39. The van der Waals surface area contributed by atoms with Crippen molar-refractivity contribution in [1.82, 2.24) is 10.6 Å². The molecule has 1 atom stereocenters. The molecule has 0 spiro atoms. The van der Waals surface area contributed by atoms with Crippen LogP contribution in [0.2, 0.25) is 0 Å². The predicted octanol–water partition coefficient (Wildman–Crippen LogP) is 3.22. The Morgan fingerprint density at radius 2 is 1.83 bits per heavy atom. The SMILES string of the molecule is O=C(N[C@H](Cc1ccccc1)C(=O)O)/C(=C/c1ccco1)NC(=O)c1ccc(Br)o1. The summed E-state index contributed by atoms with van der Waals surface area (Å²) >= 11 is 3.10. The number of carbonyl (C=O) groups is 3. The standard InChI is InChI=1S/C21H17BrN2O6/c22-18-9-8-17(30-18)20(26)23-15(12-14-7-4-10-29-14)19(25)24-16(21(27)28)11-13-5-2-1-3-6-13/h1-10,12,16H,11H2,(H,23,26)(H,24,25)(H,27,28)/b15-12-/t16-/m1/s1. The van der Waals surface area contributed by atoms with Crippen molar-refractivity contribution < 1.29 is 28.3 Å². The molecule has 30 heavy (non-hydrogen) atoms. The minimum absolute atomic E-state index is 0.0286. The van der Waals surface area contributed by atoms with Crippen LogP contribution in [0.5, 0.6) is 0 Å². The van der Waals surface area contributed by atoms with Crippen LogP contribution in [0.3, 0.4) is 0 Å². The van der Waals surface area contributed by atoms with E-state index in [1.165, 1.54) is 24.5 Å². The quantitative estimate of drug-likeness (QED) is 0.432. The first-order valence-corrected chi connectivity index (χ1v) is 9.61. The molecule has 0 saturated carbocycles. The van der Waals surface area contributed by atoms with Gasteiger partial charge < -0.3 is 24.6 Å². The summed E-state index contributed by atoms with van der Waals surface area (Å²) in [5, 5.41) is 14.4. The lowest BCUT2D eigenvalue weighted by atomic mass is 10.1. The number of halogens is 1. The van der Waals surface area contributed by atoms with Crippen LogP contribution in [-0.4, -0.2) is 28.9 Å². The van der Waals surface area contributed by atoms with Gasteiger partial charge >= 0.3 is 5.97 Å². The number of furan rings is 2. The smallest absolute Gasteiger partial charge is 0.326 e. The molecule has 0 fully saturated rings. The van der Waals surface area contributed by atoms with E-state index in [0.29, 0.717) is 10.4 Å². The van der Waals surface area contributed by atoms with Gasteiger partial charge in [-0.1, -0.05) is 30.3 Å². The molecule has 154 valence electrons. The maximum atomic E-state index is 12.8. The summed E-state index contributed by atoms with van der Waals surface area (Å²) in [7, 11) is 0. The summed E-state index contributed by atoms with van der Waals surface area (Å²) in [6.07, 6.45) is 2.78. The lowest BCUT2D eigenvalue weighted by molar-refractivity contribution is -0.141. The topological polar surface area (TPSA) is 122 Å². The monoisotopic (exact) mass is 472 g/mol. The van der Waals surface area contributed by atoms with Crippen LogP contribution in [-0.2, 0) is 16.0 Å². The molecule has 3 rings (SSSR count). The van der Waals surface area contributed by atoms with Gasteiger partial charge in [-0.25, -0.2) is 4.79 Å². The van der Waals surface area contributed by atoms with Crippen molar-refractivity contribution in [2.24, 2.45) is 0 Å². The summed E-state index contributed by atoms with van der Waals surface area (Å²) in [6, 6.07) is 13.8. The van der Waals surface area contributed by atoms with Gasteiger partial charge in [0.15, 0.2) is 10.4 Å². The van der Waals surface area contributed by atoms with Gasteiger partial charge in [0, 0.05) is 12.5 Å². The molecule has 0 aliphatic rings. The molecule has 0 radical (unpaired) electrons. The highest BCUT2D eigenvalue weighted by atomic mass is 79.9. The number of benzene rings is 1. The molecule has 0 bridgehead atoms. The van der Waals surface area contributed by atoms with Crippen LogP contribution < -0.4 is 10.6 Å². The first kappa shape index (κ1) is 21.1. The van der Waals surface area contributed by atoms with Crippen molar-refractivity contribution in [2.75, 3.05) is 0 Å². The van der Waals surface area contributed by atoms with Crippen LogP contribution >= 0.6 is 15.9 Å². The number of nitrogens with one attached hydrogen (secondary N) is 2. The number of carbonyl (C=O) groups excluding carboxylic acids is 2. The fraction of sp³-hybridized carbons (Fsp3) is 0.0952. The number of carboxylic acids is 1. The molecule has 8 nitrogen and oxygen atoms in total. The van der Waals surface area contributed by atoms with Gasteiger partial charge in [0.2, 0.25) is 0 Å². The molecule has 0 aliphatic carbocycles. The minimum Gasteiger partial charge on any atom is -0.480 e. The van der Waals surface area contributed by atoms with Crippen LogP contribution in [0.1, 0.15) is 21.9 Å². The number of hydrogen-bond acceptors (Lipinski definition) is 5. The van der Waals surface area contributed by atoms with E-state index in [1.807, 2.05) is 6.07 Å². The van der Waals surface area contributed by atoms with Crippen molar-refractivity contribution in [1.29, 1.82) is 0 Å². The maximum absolute atomic E-state index is 12.8. The van der Waals surface area contributed by atoms with Crippen molar-refractivity contribution in [2.45, 2.75) is 12.5 Å². The average molecular weight is 473 g/mol. The maximum Gasteiger partial charge on any atom is 0.326 e. The third kappa shape index (κ3) is 5.71. The number of hydrogen-bond donors (Lipinski definition) is 3. The highest BCUT2D eigenvalue weighted by Crippen LogP contribution is 2.15. The normalized spacial score (nSPS) is 12.2. The second-order valence-corrected chi connectivity index (χ2v) is 6.97. The summed E-state index contributed by atoms with van der Waals surface area (Å²) in [4.78, 5) is 36.9. The zero-order valence-electron chi connectivity index (χ0n) is 15.5. The van der Waals surface area contributed by atoms with Crippen molar-refractivity contribution in [3.8, 4) is 0 Å².